The minimum atomic E-state index is 0.806. The van der Waals surface area contributed by atoms with Crippen LogP contribution in [0.1, 0.15) is 18.9 Å². The predicted octanol–water partition coefficient (Wildman–Crippen LogP) is 2.20. The first kappa shape index (κ1) is 11.2. The van der Waals surface area contributed by atoms with Gasteiger partial charge in [0, 0.05) is 19.7 Å². The van der Waals surface area contributed by atoms with Crippen molar-refractivity contribution in [3.8, 4) is 0 Å². The second-order valence-corrected chi connectivity index (χ2v) is 3.27. The van der Waals surface area contributed by atoms with Gasteiger partial charge in [-0.15, -0.1) is 0 Å². The minimum absolute atomic E-state index is 0.806. The highest BCUT2D eigenvalue weighted by atomic mass is 16.5. The normalized spacial score (nSPS) is 10.4. The zero-order chi connectivity index (χ0) is 10.1. The third-order valence-electron chi connectivity index (χ3n) is 1.94. The second-order valence-electron chi connectivity index (χ2n) is 3.27. The van der Waals surface area contributed by atoms with E-state index in [1.54, 1.807) is 0 Å². The van der Waals surface area contributed by atoms with Crippen LogP contribution in [0.5, 0.6) is 0 Å². The molecule has 0 aliphatic rings. The van der Waals surface area contributed by atoms with E-state index in [1.165, 1.54) is 5.56 Å². The SMILES string of the molecule is CCCOCCNCc1ccccc1. The fraction of sp³-hybridized carbons (Fsp3) is 0.500. The van der Waals surface area contributed by atoms with E-state index in [1.807, 2.05) is 6.07 Å². The zero-order valence-electron chi connectivity index (χ0n) is 8.83. The lowest BCUT2D eigenvalue weighted by atomic mass is 10.2. The maximum Gasteiger partial charge on any atom is 0.0591 e. The van der Waals surface area contributed by atoms with Crippen molar-refractivity contribution in [2.45, 2.75) is 19.9 Å². The van der Waals surface area contributed by atoms with Gasteiger partial charge in [-0.3, -0.25) is 0 Å². The quantitative estimate of drug-likeness (QED) is 0.670. The number of rotatable bonds is 7. The molecule has 0 saturated heterocycles. The Kier molecular flexibility index (Phi) is 6.04. The van der Waals surface area contributed by atoms with Crippen LogP contribution in [0.3, 0.4) is 0 Å². The van der Waals surface area contributed by atoms with E-state index in [9.17, 15) is 0 Å². The Morgan fingerprint density at radius 3 is 2.64 bits per heavy atom. The summed E-state index contributed by atoms with van der Waals surface area (Å²) in [4.78, 5) is 0. The molecule has 0 saturated carbocycles. The Morgan fingerprint density at radius 1 is 1.14 bits per heavy atom. The lowest BCUT2D eigenvalue weighted by Gasteiger charge is -2.05. The third kappa shape index (κ3) is 5.00. The van der Waals surface area contributed by atoms with Crippen LogP contribution in [0.15, 0.2) is 30.3 Å². The summed E-state index contributed by atoms with van der Waals surface area (Å²) < 4.78 is 5.36. The van der Waals surface area contributed by atoms with Crippen molar-refractivity contribution in [2.75, 3.05) is 19.8 Å². The van der Waals surface area contributed by atoms with Gasteiger partial charge in [0.15, 0.2) is 0 Å². The molecule has 0 bridgehead atoms. The Labute approximate surface area is 86.3 Å². The van der Waals surface area contributed by atoms with E-state index in [2.05, 4.69) is 36.5 Å². The minimum Gasteiger partial charge on any atom is -0.380 e. The molecule has 0 atom stereocenters. The number of ether oxygens (including phenoxy) is 1. The molecule has 0 radical (unpaired) electrons. The first-order valence-electron chi connectivity index (χ1n) is 5.26. The van der Waals surface area contributed by atoms with Crippen molar-refractivity contribution in [3.05, 3.63) is 35.9 Å². The topological polar surface area (TPSA) is 21.3 Å². The van der Waals surface area contributed by atoms with Gasteiger partial charge in [0.05, 0.1) is 6.61 Å². The van der Waals surface area contributed by atoms with Gasteiger partial charge in [0.1, 0.15) is 0 Å². The van der Waals surface area contributed by atoms with Gasteiger partial charge >= 0.3 is 0 Å². The average Bonchev–Trinajstić information content (AvgIpc) is 2.25. The van der Waals surface area contributed by atoms with Gasteiger partial charge in [-0.2, -0.15) is 0 Å². The van der Waals surface area contributed by atoms with Crippen molar-refractivity contribution < 1.29 is 4.74 Å². The molecule has 0 aliphatic heterocycles. The van der Waals surface area contributed by atoms with Crippen LogP contribution in [-0.4, -0.2) is 19.8 Å². The van der Waals surface area contributed by atoms with Gasteiger partial charge in [0.2, 0.25) is 0 Å². The summed E-state index contributed by atoms with van der Waals surface area (Å²) in [5, 5.41) is 3.34. The highest BCUT2D eigenvalue weighted by Crippen LogP contribution is 1.96. The summed E-state index contributed by atoms with van der Waals surface area (Å²) in [5.74, 6) is 0. The molecule has 0 amide bonds. The number of benzene rings is 1. The van der Waals surface area contributed by atoms with Crippen molar-refractivity contribution in [1.29, 1.82) is 0 Å². The molecular formula is C12H19NO. The van der Waals surface area contributed by atoms with Crippen LogP contribution >= 0.6 is 0 Å². The highest BCUT2D eigenvalue weighted by molar-refractivity contribution is 5.14. The largest absolute Gasteiger partial charge is 0.380 e. The van der Waals surface area contributed by atoms with Crippen molar-refractivity contribution in [1.82, 2.24) is 5.32 Å². The van der Waals surface area contributed by atoms with Crippen molar-refractivity contribution in [3.63, 3.8) is 0 Å². The molecule has 1 aromatic rings. The molecule has 0 aliphatic carbocycles. The highest BCUT2D eigenvalue weighted by Gasteiger charge is 1.90. The maximum atomic E-state index is 5.36. The smallest absolute Gasteiger partial charge is 0.0591 e. The lowest BCUT2D eigenvalue weighted by Crippen LogP contribution is -2.19. The zero-order valence-corrected chi connectivity index (χ0v) is 8.83. The molecule has 1 rings (SSSR count). The Balaban J connectivity index is 1.99. The van der Waals surface area contributed by atoms with Crippen LogP contribution < -0.4 is 5.32 Å². The van der Waals surface area contributed by atoms with E-state index in [-0.39, 0.29) is 0 Å². The van der Waals surface area contributed by atoms with E-state index >= 15 is 0 Å². The molecule has 1 N–H and O–H groups in total. The summed E-state index contributed by atoms with van der Waals surface area (Å²) in [7, 11) is 0. The third-order valence-corrected chi connectivity index (χ3v) is 1.94. The Hall–Kier alpha value is -0.860. The van der Waals surface area contributed by atoms with Crippen LogP contribution in [0.25, 0.3) is 0 Å². The van der Waals surface area contributed by atoms with E-state index in [0.29, 0.717) is 0 Å². The molecule has 0 fully saturated rings. The summed E-state index contributed by atoms with van der Waals surface area (Å²) >= 11 is 0. The molecule has 2 nitrogen and oxygen atoms in total. The number of hydrogen-bond donors (Lipinski definition) is 1. The predicted molar refractivity (Wildman–Crippen MR) is 59.3 cm³/mol. The van der Waals surface area contributed by atoms with Crippen LogP contribution in [0.2, 0.25) is 0 Å². The Morgan fingerprint density at radius 2 is 1.93 bits per heavy atom. The molecule has 78 valence electrons. The van der Waals surface area contributed by atoms with Gasteiger partial charge in [0.25, 0.3) is 0 Å². The molecule has 1 aromatic carbocycles. The van der Waals surface area contributed by atoms with E-state index in [4.69, 9.17) is 4.74 Å². The molecule has 14 heavy (non-hydrogen) atoms. The van der Waals surface area contributed by atoms with E-state index < -0.39 is 0 Å². The first-order chi connectivity index (χ1) is 6.93. The molecule has 0 heterocycles. The summed E-state index contributed by atoms with van der Waals surface area (Å²) in [6, 6.07) is 10.4. The van der Waals surface area contributed by atoms with Gasteiger partial charge < -0.3 is 10.1 Å². The van der Waals surface area contributed by atoms with Crippen molar-refractivity contribution >= 4 is 0 Å². The first-order valence-corrected chi connectivity index (χ1v) is 5.26. The fourth-order valence-electron chi connectivity index (χ4n) is 1.22. The van der Waals surface area contributed by atoms with E-state index in [0.717, 1.165) is 32.7 Å². The van der Waals surface area contributed by atoms with Gasteiger partial charge in [-0.25, -0.2) is 0 Å². The molecular weight excluding hydrogens is 174 g/mol. The Bertz CT molecular complexity index is 223. The molecule has 2 heteroatoms. The summed E-state index contributed by atoms with van der Waals surface area (Å²) in [6.07, 6.45) is 1.10. The summed E-state index contributed by atoms with van der Waals surface area (Å²) in [5.41, 5.74) is 1.32. The molecule has 0 aromatic heterocycles. The standard InChI is InChI=1S/C12H19NO/c1-2-9-14-10-8-13-11-12-6-4-3-5-7-12/h3-7,13H,2,8-11H2,1H3. The van der Waals surface area contributed by atoms with Gasteiger partial charge in [-0.05, 0) is 12.0 Å². The van der Waals surface area contributed by atoms with Crippen LogP contribution in [0.4, 0.5) is 0 Å². The second kappa shape index (κ2) is 7.54. The fourth-order valence-corrected chi connectivity index (χ4v) is 1.22. The van der Waals surface area contributed by atoms with Crippen LogP contribution in [-0.2, 0) is 11.3 Å². The number of hydrogen-bond acceptors (Lipinski definition) is 2. The van der Waals surface area contributed by atoms with Gasteiger partial charge in [-0.1, -0.05) is 37.3 Å². The maximum absolute atomic E-state index is 5.36. The van der Waals surface area contributed by atoms with Crippen molar-refractivity contribution in [2.24, 2.45) is 0 Å². The summed E-state index contributed by atoms with van der Waals surface area (Å²) in [6.45, 7) is 5.65. The molecule has 0 spiro atoms. The molecule has 0 unspecified atom stereocenters. The monoisotopic (exact) mass is 193 g/mol. The average molecular weight is 193 g/mol. The number of nitrogens with one attached hydrogen (secondary N) is 1. The van der Waals surface area contributed by atoms with Crippen LogP contribution in [0, 0.1) is 0 Å². The lowest BCUT2D eigenvalue weighted by molar-refractivity contribution is 0.136.